The number of carbonyl (C=O) groups excluding carboxylic acids is 1. The van der Waals surface area contributed by atoms with Gasteiger partial charge in [-0.1, -0.05) is 0 Å². The monoisotopic (exact) mass is 334 g/mol. The van der Waals surface area contributed by atoms with Crippen molar-refractivity contribution in [2.75, 3.05) is 31.2 Å². The lowest BCUT2D eigenvalue weighted by Crippen LogP contribution is -2.43. The fraction of sp³-hybridized carbons (Fsp3) is 0.933. The molecule has 1 N–H and O–H groups in total. The molecule has 0 aliphatic carbocycles. The van der Waals surface area contributed by atoms with Gasteiger partial charge in [0.15, 0.2) is 0 Å². The van der Waals surface area contributed by atoms with Crippen LogP contribution in [0.3, 0.4) is 0 Å². The number of nitrogens with zero attached hydrogens (tertiary/aromatic N) is 1. The summed E-state index contributed by atoms with van der Waals surface area (Å²) in [5, 5.41) is 3.45. The van der Waals surface area contributed by atoms with Crippen molar-refractivity contribution >= 4 is 30.1 Å². The average molecular weight is 335 g/mol. The molecule has 122 valence electrons. The van der Waals surface area contributed by atoms with Crippen LogP contribution >= 0.6 is 24.2 Å². The van der Waals surface area contributed by atoms with Crippen LogP contribution in [0.25, 0.3) is 0 Å². The van der Waals surface area contributed by atoms with E-state index in [2.05, 4.69) is 10.2 Å². The van der Waals surface area contributed by atoms with Gasteiger partial charge in [0.1, 0.15) is 0 Å². The first-order valence-electron chi connectivity index (χ1n) is 8.06. The van der Waals surface area contributed by atoms with Gasteiger partial charge in [0.2, 0.25) is 5.91 Å². The Kier molecular flexibility index (Phi) is 7.13. The van der Waals surface area contributed by atoms with Crippen LogP contribution in [0.2, 0.25) is 0 Å². The van der Waals surface area contributed by atoms with Gasteiger partial charge in [-0.05, 0) is 45.1 Å². The summed E-state index contributed by atoms with van der Waals surface area (Å²) in [5.41, 5.74) is 0. The van der Waals surface area contributed by atoms with Gasteiger partial charge in [0.25, 0.3) is 0 Å². The topological polar surface area (TPSA) is 41.6 Å². The lowest BCUT2D eigenvalue weighted by molar-refractivity contribution is -0.130. The third kappa shape index (κ3) is 4.50. The summed E-state index contributed by atoms with van der Waals surface area (Å²) >= 11 is 1.76. The summed E-state index contributed by atoms with van der Waals surface area (Å²) in [6, 6.07) is 0.940. The Morgan fingerprint density at radius 2 is 2.05 bits per heavy atom. The fourth-order valence-corrected chi connectivity index (χ4v) is 4.65. The molecule has 0 aromatic carbocycles. The first kappa shape index (κ1) is 17.4. The molecule has 1 amide bonds. The van der Waals surface area contributed by atoms with Crippen LogP contribution in [0, 0.1) is 0 Å². The van der Waals surface area contributed by atoms with Crippen LogP contribution in [0.15, 0.2) is 0 Å². The van der Waals surface area contributed by atoms with Crippen LogP contribution in [0.5, 0.6) is 0 Å². The van der Waals surface area contributed by atoms with Gasteiger partial charge in [-0.3, -0.25) is 4.79 Å². The zero-order valence-electron chi connectivity index (χ0n) is 12.6. The van der Waals surface area contributed by atoms with Crippen molar-refractivity contribution in [3.63, 3.8) is 0 Å². The van der Waals surface area contributed by atoms with Crippen molar-refractivity contribution in [3.05, 3.63) is 0 Å². The normalized spacial score (nSPS) is 32.4. The Balaban J connectivity index is 0.00000161. The van der Waals surface area contributed by atoms with Gasteiger partial charge in [0.05, 0.1) is 11.9 Å². The summed E-state index contributed by atoms with van der Waals surface area (Å²) < 4.78 is 5.72. The maximum absolute atomic E-state index is 12.5. The quantitative estimate of drug-likeness (QED) is 0.854. The van der Waals surface area contributed by atoms with E-state index in [0.717, 1.165) is 31.9 Å². The van der Waals surface area contributed by atoms with Gasteiger partial charge in [-0.25, -0.2) is 0 Å². The minimum atomic E-state index is 0. The van der Waals surface area contributed by atoms with Crippen LogP contribution < -0.4 is 5.32 Å². The lowest BCUT2D eigenvalue weighted by Gasteiger charge is -2.28. The molecular weight excluding hydrogens is 308 g/mol. The lowest BCUT2D eigenvalue weighted by atomic mass is 10.1. The number of nitrogens with one attached hydrogen (secondary N) is 1. The number of amides is 1. The molecule has 3 aliphatic rings. The summed E-state index contributed by atoms with van der Waals surface area (Å²) in [6.07, 6.45) is 7.53. The van der Waals surface area contributed by atoms with E-state index in [9.17, 15) is 4.79 Å². The molecular formula is C15H27ClN2O2S. The minimum absolute atomic E-state index is 0. The molecule has 3 unspecified atom stereocenters. The highest BCUT2D eigenvalue weighted by Crippen LogP contribution is 2.28. The second-order valence-electron chi connectivity index (χ2n) is 6.18. The van der Waals surface area contributed by atoms with Gasteiger partial charge in [-0.15, -0.1) is 24.2 Å². The molecule has 0 aromatic rings. The summed E-state index contributed by atoms with van der Waals surface area (Å²) in [7, 11) is 0. The van der Waals surface area contributed by atoms with Crippen molar-refractivity contribution in [2.45, 2.75) is 56.7 Å². The molecule has 4 nitrogen and oxygen atoms in total. The molecule has 21 heavy (non-hydrogen) atoms. The Hall–Kier alpha value is 0.0300. The Morgan fingerprint density at radius 3 is 2.86 bits per heavy atom. The van der Waals surface area contributed by atoms with Crippen molar-refractivity contribution in [1.82, 2.24) is 10.2 Å². The first-order valence-corrected chi connectivity index (χ1v) is 9.21. The first-order chi connectivity index (χ1) is 9.84. The number of hydrogen-bond acceptors (Lipinski definition) is 4. The van der Waals surface area contributed by atoms with Gasteiger partial charge >= 0.3 is 0 Å². The maximum Gasteiger partial charge on any atom is 0.233 e. The smallest absolute Gasteiger partial charge is 0.233 e. The third-order valence-corrected chi connectivity index (χ3v) is 5.80. The zero-order chi connectivity index (χ0) is 13.8. The number of halogens is 1. The van der Waals surface area contributed by atoms with E-state index >= 15 is 0 Å². The van der Waals surface area contributed by atoms with Gasteiger partial charge in [0, 0.05) is 31.0 Å². The van der Waals surface area contributed by atoms with Crippen molar-refractivity contribution in [2.24, 2.45) is 0 Å². The maximum atomic E-state index is 12.5. The van der Waals surface area contributed by atoms with E-state index in [1.807, 2.05) is 0 Å². The predicted molar refractivity (Wildman–Crippen MR) is 89.3 cm³/mol. The number of fused-ring (bicyclic) bond motifs is 2. The molecule has 3 aliphatic heterocycles. The highest BCUT2D eigenvalue weighted by atomic mass is 35.5. The molecule has 2 bridgehead atoms. The standard InChI is InChI=1S/C15H26N2O2S.ClH/c18-15(11-20-10-14-3-1-2-8-19-14)17-12-4-5-13(17)9-16-7-6-12;/h12-14,16H,1-11H2;1H. The summed E-state index contributed by atoms with van der Waals surface area (Å²) in [6.45, 7) is 2.95. The molecule has 3 atom stereocenters. The highest BCUT2D eigenvalue weighted by molar-refractivity contribution is 7.99. The molecule has 3 fully saturated rings. The average Bonchev–Trinajstić information content (AvgIpc) is 2.73. The van der Waals surface area contributed by atoms with E-state index in [4.69, 9.17) is 4.74 Å². The Morgan fingerprint density at radius 1 is 1.19 bits per heavy atom. The fourth-order valence-electron chi connectivity index (χ4n) is 3.68. The molecule has 3 rings (SSSR count). The van der Waals surface area contributed by atoms with E-state index in [0.29, 0.717) is 29.8 Å². The second-order valence-corrected chi connectivity index (χ2v) is 7.21. The molecule has 0 saturated carbocycles. The Bertz CT molecular complexity index is 326. The number of ether oxygens (including phenoxy) is 1. The molecule has 0 spiro atoms. The highest BCUT2D eigenvalue weighted by Gasteiger charge is 2.37. The van der Waals surface area contributed by atoms with Crippen LogP contribution in [-0.2, 0) is 9.53 Å². The zero-order valence-corrected chi connectivity index (χ0v) is 14.2. The summed E-state index contributed by atoms with van der Waals surface area (Å²) in [4.78, 5) is 14.7. The number of hydrogen-bond donors (Lipinski definition) is 1. The van der Waals surface area contributed by atoms with Crippen LogP contribution in [-0.4, -0.2) is 60.2 Å². The number of carbonyl (C=O) groups is 1. The third-order valence-electron chi connectivity index (χ3n) is 4.75. The van der Waals surface area contributed by atoms with Crippen molar-refractivity contribution < 1.29 is 9.53 Å². The molecule has 0 aromatic heterocycles. The van der Waals surface area contributed by atoms with E-state index in [1.165, 1.54) is 32.1 Å². The molecule has 3 heterocycles. The minimum Gasteiger partial charge on any atom is -0.377 e. The largest absolute Gasteiger partial charge is 0.377 e. The van der Waals surface area contributed by atoms with Crippen LogP contribution in [0.1, 0.15) is 38.5 Å². The molecule has 6 heteroatoms. The SMILES string of the molecule is Cl.O=C(CSCC1CCCCO1)N1C2CCNCC1CC2. The van der Waals surface area contributed by atoms with Gasteiger partial charge in [-0.2, -0.15) is 0 Å². The second kappa shape index (κ2) is 8.61. The predicted octanol–water partition coefficient (Wildman–Crippen LogP) is 2.06. The Labute approximate surface area is 138 Å². The van der Waals surface area contributed by atoms with E-state index in [-0.39, 0.29) is 12.4 Å². The number of rotatable bonds is 4. The summed E-state index contributed by atoms with van der Waals surface area (Å²) in [5.74, 6) is 1.96. The van der Waals surface area contributed by atoms with Crippen molar-refractivity contribution in [3.8, 4) is 0 Å². The van der Waals surface area contributed by atoms with Gasteiger partial charge < -0.3 is 15.0 Å². The molecule has 0 radical (unpaired) electrons. The molecule has 3 saturated heterocycles. The van der Waals surface area contributed by atoms with E-state index in [1.54, 1.807) is 11.8 Å². The van der Waals surface area contributed by atoms with Crippen molar-refractivity contribution in [1.29, 1.82) is 0 Å². The van der Waals surface area contributed by atoms with E-state index < -0.39 is 0 Å². The van der Waals surface area contributed by atoms with Crippen LogP contribution in [0.4, 0.5) is 0 Å². The number of thioether (sulfide) groups is 1.